The summed E-state index contributed by atoms with van der Waals surface area (Å²) in [5, 5.41) is 2.49. The van der Waals surface area contributed by atoms with E-state index in [4.69, 9.17) is 9.97 Å². The van der Waals surface area contributed by atoms with E-state index in [0.29, 0.717) is 0 Å². The van der Waals surface area contributed by atoms with Crippen LogP contribution in [0.15, 0.2) is 36.4 Å². The first kappa shape index (κ1) is 12.7. The fourth-order valence-electron chi connectivity index (χ4n) is 3.06. The lowest BCUT2D eigenvalue weighted by Gasteiger charge is -1.99. The molecule has 6 bridgehead atoms. The molecule has 0 saturated heterocycles. The molecule has 5 rings (SSSR count). The molecule has 1 aliphatic heterocycles. The highest BCUT2D eigenvalue weighted by Gasteiger charge is 2.10. The van der Waals surface area contributed by atoms with Crippen molar-refractivity contribution in [2.24, 2.45) is 0 Å². The lowest BCUT2D eigenvalue weighted by atomic mass is 10.1. The van der Waals surface area contributed by atoms with Gasteiger partial charge >= 0.3 is 0 Å². The lowest BCUT2D eigenvalue weighted by molar-refractivity contribution is 0.945. The molecule has 3 heterocycles. The molecule has 2 aromatic heterocycles. The SMILES string of the molecule is c1cc2nc3sc2cc1CCc1nc2ccc(cc2s1)CC3. The normalized spacial score (nSPS) is 14.5. The van der Waals surface area contributed by atoms with Gasteiger partial charge in [0, 0.05) is 12.8 Å². The van der Waals surface area contributed by atoms with Gasteiger partial charge in [-0.2, -0.15) is 0 Å². The van der Waals surface area contributed by atoms with Gasteiger partial charge in [-0.3, -0.25) is 0 Å². The Kier molecular flexibility index (Phi) is 2.81. The van der Waals surface area contributed by atoms with Gasteiger partial charge in [0.1, 0.15) is 0 Å². The molecular weight excluding hydrogens is 308 g/mol. The number of rotatable bonds is 0. The van der Waals surface area contributed by atoms with E-state index in [-0.39, 0.29) is 0 Å². The Morgan fingerprint density at radius 2 is 1.14 bits per heavy atom. The van der Waals surface area contributed by atoms with E-state index in [1.54, 1.807) is 0 Å². The summed E-state index contributed by atoms with van der Waals surface area (Å²) in [7, 11) is 0. The van der Waals surface area contributed by atoms with Crippen LogP contribution in [0.5, 0.6) is 0 Å². The van der Waals surface area contributed by atoms with Crippen LogP contribution in [0.3, 0.4) is 0 Å². The predicted molar refractivity (Wildman–Crippen MR) is 94.1 cm³/mol. The van der Waals surface area contributed by atoms with Crippen molar-refractivity contribution in [3.63, 3.8) is 0 Å². The maximum Gasteiger partial charge on any atom is 0.0941 e. The van der Waals surface area contributed by atoms with Crippen molar-refractivity contribution in [1.29, 1.82) is 0 Å². The quantitative estimate of drug-likeness (QED) is 0.465. The Morgan fingerprint density at radius 3 is 1.64 bits per heavy atom. The molecular formula is C18H14N2S2. The molecule has 22 heavy (non-hydrogen) atoms. The fraction of sp³-hybridized carbons (Fsp3) is 0.222. The molecule has 0 spiro atoms. The third-order valence-electron chi connectivity index (χ3n) is 4.25. The van der Waals surface area contributed by atoms with E-state index in [9.17, 15) is 0 Å². The van der Waals surface area contributed by atoms with Gasteiger partial charge in [-0.1, -0.05) is 12.1 Å². The molecule has 4 heteroatoms. The van der Waals surface area contributed by atoms with Crippen LogP contribution >= 0.6 is 22.7 Å². The number of aromatic nitrogens is 2. The highest BCUT2D eigenvalue weighted by Crippen LogP contribution is 2.28. The van der Waals surface area contributed by atoms with Crippen LogP contribution in [0.25, 0.3) is 20.4 Å². The summed E-state index contributed by atoms with van der Waals surface area (Å²) >= 11 is 3.69. The van der Waals surface area contributed by atoms with Crippen LogP contribution in [-0.2, 0) is 25.7 Å². The minimum absolute atomic E-state index is 1.02. The summed E-state index contributed by atoms with van der Waals surface area (Å²) in [6.07, 6.45) is 4.14. The summed E-state index contributed by atoms with van der Waals surface area (Å²) in [5.41, 5.74) is 5.06. The van der Waals surface area contributed by atoms with Crippen molar-refractivity contribution in [2.75, 3.05) is 0 Å². The van der Waals surface area contributed by atoms with E-state index in [1.165, 1.54) is 30.5 Å². The van der Waals surface area contributed by atoms with Crippen molar-refractivity contribution < 1.29 is 0 Å². The van der Waals surface area contributed by atoms with E-state index in [0.717, 1.165) is 36.7 Å². The Balaban J connectivity index is 1.67. The highest BCUT2D eigenvalue weighted by atomic mass is 32.1. The summed E-state index contributed by atoms with van der Waals surface area (Å²) in [6, 6.07) is 13.4. The van der Waals surface area contributed by atoms with E-state index in [2.05, 4.69) is 36.4 Å². The Bertz CT molecular complexity index is 911. The molecule has 0 fully saturated rings. The molecule has 0 amide bonds. The first-order valence-corrected chi connectivity index (χ1v) is 9.23. The molecule has 4 aromatic rings. The monoisotopic (exact) mass is 322 g/mol. The number of fused-ring (bicyclic) bond motifs is 4. The van der Waals surface area contributed by atoms with Gasteiger partial charge < -0.3 is 0 Å². The molecule has 0 saturated carbocycles. The third kappa shape index (κ3) is 2.14. The molecule has 0 radical (unpaired) electrons. The van der Waals surface area contributed by atoms with E-state index in [1.807, 2.05) is 22.7 Å². The van der Waals surface area contributed by atoms with Crippen LogP contribution in [0.1, 0.15) is 21.1 Å². The summed E-state index contributed by atoms with van der Waals surface area (Å²) < 4.78 is 2.64. The van der Waals surface area contributed by atoms with Gasteiger partial charge in [0.15, 0.2) is 0 Å². The van der Waals surface area contributed by atoms with Crippen molar-refractivity contribution in [1.82, 2.24) is 9.97 Å². The number of aryl methyl sites for hydroxylation is 4. The van der Waals surface area contributed by atoms with Crippen molar-refractivity contribution in [3.05, 3.63) is 57.5 Å². The second kappa shape index (κ2) is 4.86. The third-order valence-corrected chi connectivity index (χ3v) is 6.41. The Morgan fingerprint density at radius 1 is 0.636 bits per heavy atom. The Labute approximate surface area is 136 Å². The first-order valence-electron chi connectivity index (χ1n) is 7.60. The molecule has 2 aromatic carbocycles. The minimum Gasteiger partial charge on any atom is -0.241 e. The van der Waals surface area contributed by atoms with E-state index < -0.39 is 0 Å². The van der Waals surface area contributed by atoms with Gasteiger partial charge in [-0.05, 0) is 48.2 Å². The van der Waals surface area contributed by atoms with Gasteiger partial charge in [0.25, 0.3) is 0 Å². The zero-order valence-electron chi connectivity index (χ0n) is 12.0. The van der Waals surface area contributed by atoms with Crippen LogP contribution in [0.4, 0.5) is 0 Å². The summed E-state index contributed by atoms with van der Waals surface area (Å²) in [4.78, 5) is 9.57. The Hall–Kier alpha value is -1.78. The number of thiazole rings is 2. The topological polar surface area (TPSA) is 25.8 Å². The first-order chi connectivity index (χ1) is 10.8. The average Bonchev–Trinajstić information content (AvgIpc) is 3.11. The van der Waals surface area contributed by atoms with E-state index >= 15 is 0 Å². The van der Waals surface area contributed by atoms with Gasteiger partial charge in [0.2, 0.25) is 0 Å². The maximum atomic E-state index is 4.78. The molecule has 2 nitrogen and oxygen atoms in total. The van der Waals surface area contributed by atoms with Crippen molar-refractivity contribution in [2.45, 2.75) is 25.7 Å². The van der Waals surface area contributed by atoms with Crippen LogP contribution in [0, 0.1) is 0 Å². The summed E-state index contributed by atoms with van der Waals surface area (Å²) in [6.45, 7) is 0. The predicted octanol–water partition coefficient (Wildman–Crippen LogP) is 4.79. The zero-order valence-corrected chi connectivity index (χ0v) is 13.6. The smallest absolute Gasteiger partial charge is 0.0941 e. The van der Waals surface area contributed by atoms with Crippen molar-refractivity contribution in [3.8, 4) is 0 Å². The zero-order chi connectivity index (χ0) is 14.5. The number of benzene rings is 2. The van der Waals surface area contributed by atoms with Crippen LogP contribution in [0.2, 0.25) is 0 Å². The largest absolute Gasteiger partial charge is 0.241 e. The number of hydrogen-bond acceptors (Lipinski definition) is 4. The second-order valence-corrected chi connectivity index (χ2v) is 8.05. The van der Waals surface area contributed by atoms with Crippen LogP contribution in [-0.4, -0.2) is 9.97 Å². The fourth-order valence-corrected chi connectivity index (χ4v) is 5.12. The molecule has 108 valence electrons. The number of nitrogens with zero attached hydrogens (tertiary/aromatic N) is 2. The maximum absolute atomic E-state index is 4.78. The highest BCUT2D eigenvalue weighted by molar-refractivity contribution is 7.18. The van der Waals surface area contributed by atoms with Crippen LogP contribution < -0.4 is 0 Å². The van der Waals surface area contributed by atoms with Gasteiger partial charge in [-0.25, -0.2) is 9.97 Å². The number of hydrogen-bond donors (Lipinski definition) is 0. The van der Waals surface area contributed by atoms with Gasteiger partial charge in [0.05, 0.1) is 30.4 Å². The molecule has 0 atom stereocenters. The van der Waals surface area contributed by atoms with Gasteiger partial charge in [-0.15, -0.1) is 22.7 Å². The van der Waals surface area contributed by atoms with Crippen molar-refractivity contribution >= 4 is 43.1 Å². The summed E-state index contributed by atoms with van der Waals surface area (Å²) in [5.74, 6) is 0. The lowest BCUT2D eigenvalue weighted by Crippen LogP contribution is -1.91. The molecule has 0 aliphatic carbocycles. The second-order valence-electron chi connectivity index (χ2n) is 5.82. The average molecular weight is 322 g/mol. The minimum atomic E-state index is 1.02. The molecule has 0 N–H and O–H groups in total. The standard InChI is InChI=1S/C18H14N2S2/c1-5-13-15-9-11(1)3-7-17-20-14-6-2-12(10-16(14)22-17)4-8-18(19-13)21-15/h1-2,5-6,9-10H,3-4,7-8H2. The molecule has 0 unspecified atom stereocenters. The molecule has 1 aliphatic rings.